The summed E-state index contributed by atoms with van der Waals surface area (Å²) in [6.07, 6.45) is 6.51. The highest BCUT2D eigenvalue weighted by Gasteiger charge is 2.08. The summed E-state index contributed by atoms with van der Waals surface area (Å²) in [5.41, 5.74) is 2.61. The SMILES string of the molecule is CCCCCOc1ccc(/C=C/C(=O)Nc2nc(-c3ccc(OC)cc3)cs2)cc1OC. The maximum absolute atomic E-state index is 12.3. The summed E-state index contributed by atoms with van der Waals surface area (Å²) in [4.78, 5) is 16.8. The van der Waals surface area contributed by atoms with Gasteiger partial charge in [-0.25, -0.2) is 4.98 Å². The molecule has 1 heterocycles. The highest BCUT2D eigenvalue weighted by molar-refractivity contribution is 7.14. The van der Waals surface area contributed by atoms with Crippen molar-refractivity contribution in [3.8, 4) is 28.5 Å². The lowest BCUT2D eigenvalue weighted by atomic mass is 10.2. The lowest BCUT2D eigenvalue weighted by molar-refractivity contribution is -0.111. The maximum Gasteiger partial charge on any atom is 0.250 e. The Labute approximate surface area is 192 Å². The number of anilines is 1. The van der Waals surface area contributed by atoms with Crippen LogP contribution in [-0.4, -0.2) is 31.7 Å². The lowest BCUT2D eigenvalue weighted by Gasteiger charge is -2.11. The average molecular weight is 453 g/mol. The van der Waals surface area contributed by atoms with Gasteiger partial charge in [-0.2, -0.15) is 0 Å². The zero-order chi connectivity index (χ0) is 22.8. The Kier molecular flexibility index (Phi) is 8.69. The van der Waals surface area contributed by atoms with E-state index in [9.17, 15) is 4.79 Å². The van der Waals surface area contributed by atoms with E-state index in [1.165, 1.54) is 17.4 Å². The molecule has 0 bridgehead atoms. The minimum Gasteiger partial charge on any atom is -0.497 e. The summed E-state index contributed by atoms with van der Waals surface area (Å²) in [6, 6.07) is 13.2. The largest absolute Gasteiger partial charge is 0.497 e. The quantitative estimate of drug-likeness (QED) is 0.283. The van der Waals surface area contributed by atoms with E-state index < -0.39 is 0 Å². The fourth-order valence-corrected chi connectivity index (χ4v) is 3.71. The van der Waals surface area contributed by atoms with E-state index in [0.29, 0.717) is 23.2 Å². The molecule has 7 heteroatoms. The van der Waals surface area contributed by atoms with Gasteiger partial charge in [0.2, 0.25) is 5.91 Å². The van der Waals surface area contributed by atoms with Gasteiger partial charge >= 0.3 is 0 Å². The minimum atomic E-state index is -0.250. The van der Waals surface area contributed by atoms with Crippen molar-refractivity contribution in [2.45, 2.75) is 26.2 Å². The van der Waals surface area contributed by atoms with Gasteiger partial charge in [-0.3, -0.25) is 10.1 Å². The van der Waals surface area contributed by atoms with Crippen LogP contribution < -0.4 is 19.5 Å². The Hall–Kier alpha value is -3.32. The molecule has 0 spiro atoms. The normalized spacial score (nSPS) is 10.8. The Balaban J connectivity index is 1.58. The van der Waals surface area contributed by atoms with Crippen molar-refractivity contribution in [3.05, 3.63) is 59.5 Å². The third-order valence-corrected chi connectivity index (χ3v) is 5.50. The molecule has 0 aliphatic heterocycles. The number of methoxy groups -OCH3 is 2. The number of thiazole rings is 1. The molecule has 1 aromatic heterocycles. The molecule has 0 saturated heterocycles. The van der Waals surface area contributed by atoms with E-state index in [0.717, 1.165) is 41.8 Å². The highest BCUT2D eigenvalue weighted by Crippen LogP contribution is 2.29. The number of nitrogens with one attached hydrogen (secondary N) is 1. The first-order valence-electron chi connectivity index (χ1n) is 10.5. The van der Waals surface area contributed by atoms with Crippen LogP contribution in [0, 0.1) is 0 Å². The van der Waals surface area contributed by atoms with Crippen molar-refractivity contribution in [2.75, 3.05) is 26.1 Å². The molecule has 1 amide bonds. The topological polar surface area (TPSA) is 69.7 Å². The van der Waals surface area contributed by atoms with Crippen molar-refractivity contribution in [2.24, 2.45) is 0 Å². The van der Waals surface area contributed by atoms with E-state index in [2.05, 4.69) is 17.2 Å². The Morgan fingerprint density at radius 3 is 2.59 bits per heavy atom. The summed E-state index contributed by atoms with van der Waals surface area (Å²) in [6.45, 7) is 2.82. The van der Waals surface area contributed by atoms with Crippen molar-refractivity contribution in [1.29, 1.82) is 0 Å². The molecule has 168 valence electrons. The number of rotatable bonds is 11. The van der Waals surface area contributed by atoms with Crippen LogP contribution in [0.2, 0.25) is 0 Å². The molecular weight excluding hydrogens is 424 g/mol. The molecule has 0 aliphatic rings. The predicted molar refractivity (Wildman–Crippen MR) is 130 cm³/mol. The molecule has 0 radical (unpaired) electrons. The Morgan fingerprint density at radius 2 is 1.88 bits per heavy atom. The Bertz CT molecular complexity index is 1040. The third-order valence-electron chi connectivity index (χ3n) is 4.74. The predicted octanol–water partition coefficient (Wildman–Crippen LogP) is 6.05. The minimum absolute atomic E-state index is 0.250. The maximum atomic E-state index is 12.3. The molecule has 1 N–H and O–H groups in total. The smallest absolute Gasteiger partial charge is 0.250 e. The van der Waals surface area contributed by atoms with Crippen LogP contribution in [-0.2, 0) is 4.79 Å². The van der Waals surface area contributed by atoms with Crippen LogP contribution in [0.4, 0.5) is 5.13 Å². The van der Waals surface area contributed by atoms with Gasteiger partial charge in [0, 0.05) is 17.0 Å². The summed E-state index contributed by atoms with van der Waals surface area (Å²) in [7, 11) is 3.24. The first kappa shape index (κ1) is 23.3. The standard InChI is InChI=1S/C25H28N2O4S/c1-4-5-6-15-31-22-13-7-18(16-23(22)30-3)8-14-24(28)27-25-26-21(17-32-25)19-9-11-20(29-2)12-10-19/h7-14,16-17H,4-6,15H2,1-3H3,(H,26,27,28)/b14-8+. The molecule has 0 atom stereocenters. The molecule has 0 unspecified atom stereocenters. The molecule has 32 heavy (non-hydrogen) atoms. The average Bonchev–Trinajstić information content (AvgIpc) is 3.29. The second-order valence-electron chi connectivity index (χ2n) is 7.05. The summed E-state index contributed by atoms with van der Waals surface area (Å²) >= 11 is 1.38. The highest BCUT2D eigenvalue weighted by atomic mass is 32.1. The van der Waals surface area contributed by atoms with Crippen molar-refractivity contribution in [3.63, 3.8) is 0 Å². The molecule has 2 aromatic carbocycles. The lowest BCUT2D eigenvalue weighted by Crippen LogP contribution is -2.07. The van der Waals surface area contributed by atoms with Crippen molar-refractivity contribution < 1.29 is 19.0 Å². The number of hydrogen-bond donors (Lipinski definition) is 1. The van der Waals surface area contributed by atoms with Crippen LogP contribution in [0.3, 0.4) is 0 Å². The molecular formula is C25H28N2O4S. The number of amides is 1. The fourth-order valence-electron chi connectivity index (χ4n) is 2.99. The van der Waals surface area contributed by atoms with E-state index >= 15 is 0 Å². The number of carbonyl (C=O) groups excluding carboxylic acids is 1. The van der Waals surface area contributed by atoms with Gasteiger partial charge in [-0.15, -0.1) is 11.3 Å². The summed E-state index contributed by atoms with van der Waals surface area (Å²) in [5, 5.41) is 5.25. The molecule has 3 rings (SSSR count). The molecule has 0 aliphatic carbocycles. The van der Waals surface area contributed by atoms with Crippen LogP contribution >= 0.6 is 11.3 Å². The van der Waals surface area contributed by atoms with Gasteiger partial charge in [0.05, 0.1) is 26.5 Å². The number of aromatic nitrogens is 1. The fraction of sp³-hybridized carbons (Fsp3) is 0.280. The van der Waals surface area contributed by atoms with Gasteiger partial charge in [-0.05, 0) is 54.5 Å². The van der Waals surface area contributed by atoms with Crippen molar-refractivity contribution >= 4 is 28.5 Å². The number of benzene rings is 2. The second-order valence-corrected chi connectivity index (χ2v) is 7.91. The monoisotopic (exact) mass is 452 g/mol. The van der Waals surface area contributed by atoms with Crippen LogP contribution in [0.1, 0.15) is 31.7 Å². The van der Waals surface area contributed by atoms with Crippen LogP contribution in [0.5, 0.6) is 17.2 Å². The number of carbonyl (C=O) groups is 1. The molecule has 6 nitrogen and oxygen atoms in total. The van der Waals surface area contributed by atoms with E-state index in [1.807, 2.05) is 47.8 Å². The van der Waals surface area contributed by atoms with E-state index in [-0.39, 0.29) is 5.91 Å². The second kappa shape index (κ2) is 11.9. The summed E-state index contributed by atoms with van der Waals surface area (Å²) in [5.74, 6) is 1.89. The zero-order valence-corrected chi connectivity index (χ0v) is 19.4. The number of ether oxygens (including phenoxy) is 3. The van der Waals surface area contributed by atoms with Gasteiger partial charge in [0.15, 0.2) is 16.6 Å². The number of nitrogens with zero attached hydrogens (tertiary/aromatic N) is 1. The first-order chi connectivity index (χ1) is 15.6. The zero-order valence-electron chi connectivity index (χ0n) is 18.6. The van der Waals surface area contributed by atoms with Gasteiger partial charge < -0.3 is 14.2 Å². The van der Waals surface area contributed by atoms with Crippen LogP contribution in [0.25, 0.3) is 17.3 Å². The number of unbranched alkanes of at least 4 members (excludes halogenated alkanes) is 2. The van der Waals surface area contributed by atoms with E-state index in [4.69, 9.17) is 14.2 Å². The summed E-state index contributed by atoms with van der Waals surface area (Å²) < 4.78 is 16.4. The number of hydrogen-bond acceptors (Lipinski definition) is 6. The third kappa shape index (κ3) is 6.59. The van der Waals surface area contributed by atoms with Crippen molar-refractivity contribution in [1.82, 2.24) is 4.98 Å². The van der Waals surface area contributed by atoms with Gasteiger partial charge in [0.1, 0.15) is 5.75 Å². The Morgan fingerprint density at radius 1 is 1.06 bits per heavy atom. The molecule has 0 saturated carbocycles. The van der Waals surface area contributed by atoms with Gasteiger partial charge in [0.25, 0.3) is 0 Å². The molecule has 3 aromatic rings. The van der Waals surface area contributed by atoms with Crippen LogP contribution in [0.15, 0.2) is 53.9 Å². The first-order valence-corrected chi connectivity index (χ1v) is 11.4. The van der Waals surface area contributed by atoms with E-state index in [1.54, 1.807) is 20.3 Å². The van der Waals surface area contributed by atoms with Gasteiger partial charge in [-0.1, -0.05) is 25.8 Å². The molecule has 0 fully saturated rings.